The molecule has 4 fully saturated rings. The van der Waals surface area contributed by atoms with Crippen LogP contribution in [0.4, 0.5) is 79.0 Å². The fraction of sp³-hybridized carbons (Fsp3) is 0.851. The molecule has 0 unspecified atom stereocenters. The highest BCUT2D eigenvalue weighted by molar-refractivity contribution is 5.76. The molecule has 50 heteroatoms. The summed E-state index contributed by atoms with van der Waals surface area (Å²) in [6, 6.07) is -4.25. The predicted molar refractivity (Wildman–Crippen MR) is 278 cm³/mol. The Labute approximate surface area is 533 Å². The highest BCUT2D eigenvalue weighted by Gasteiger charge is 2.55. The van der Waals surface area contributed by atoms with Gasteiger partial charge in [0.05, 0.1) is 18.2 Å². The van der Waals surface area contributed by atoms with Crippen molar-refractivity contribution < 1.29 is 202 Å². The fourth-order valence-electron chi connectivity index (χ4n) is 7.66. The lowest BCUT2D eigenvalue weighted by molar-refractivity contribution is -0.306. The number of aliphatic hydroxyl groups excluding tert-OH is 6. The highest BCUT2D eigenvalue weighted by Crippen LogP contribution is 2.35. The zero-order valence-corrected chi connectivity index (χ0v) is 49.8. The van der Waals surface area contributed by atoms with E-state index in [1.807, 2.05) is 0 Å². The van der Waals surface area contributed by atoms with E-state index in [0.29, 0.717) is 6.42 Å². The van der Waals surface area contributed by atoms with Gasteiger partial charge < -0.3 is 129 Å². The Balaban J connectivity index is -0.00000167. The monoisotopic (exact) mass is 1480 g/mol. The molecular formula is C47H75F18N7O25. The molecule has 0 bridgehead atoms. The van der Waals surface area contributed by atoms with Crippen LogP contribution in [0.2, 0.25) is 0 Å². The largest absolute Gasteiger partial charge is 0.490 e. The molecule has 3 heterocycles. The Bertz CT molecular complexity index is 2170. The molecule has 1 aliphatic carbocycles. The number of aliphatic hydroxyl groups is 6. The van der Waals surface area contributed by atoms with Crippen molar-refractivity contribution in [3.63, 3.8) is 0 Å². The molecule has 1 saturated carbocycles. The van der Waals surface area contributed by atoms with Crippen LogP contribution in [-0.4, -0.2) is 276 Å². The van der Waals surface area contributed by atoms with E-state index < -0.39 is 189 Å². The summed E-state index contributed by atoms with van der Waals surface area (Å²) >= 11 is 0. The molecule has 0 aromatic rings. The smallest absolute Gasteiger partial charge is 0.475 e. The van der Waals surface area contributed by atoms with Gasteiger partial charge in [0.2, 0.25) is 5.91 Å². The molecule has 574 valence electrons. The number of nitrogens with one attached hydrogen (secondary N) is 1. The predicted octanol–water partition coefficient (Wildman–Crippen LogP) is -1.05. The average molecular weight is 1480 g/mol. The van der Waals surface area contributed by atoms with Crippen molar-refractivity contribution >= 4 is 41.7 Å². The summed E-state index contributed by atoms with van der Waals surface area (Å²) in [4.78, 5) is 66.3. The number of carboxylic acid groups (broad SMARTS) is 6. The van der Waals surface area contributed by atoms with Crippen molar-refractivity contribution in [2.45, 2.75) is 231 Å². The summed E-state index contributed by atoms with van der Waals surface area (Å²) in [5.41, 5.74) is 36.4. The minimum absolute atomic E-state index is 0.0833. The summed E-state index contributed by atoms with van der Waals surface area (Å²) in [6.45, 7) is 1.72. The molecular weight excluding hydrogens is 1400 g/mol. The minimum Gasteiger partial charge on any atom is -0.475 e. The second kappa shape index (κ2) is 43.1. The lowest BCUT2D eigenvalue weighted by Gasteiger charge is -2.47. The third-order valence-electron chi connectivity index (χ3n) is 12.7. The van der Waals surface area contributed by atoms with Crippen LogP contribution in [-0.2, 0) is 62.0 Å². The van der Waals surface area contributed by atoms with Crippen molar-refractivity contribution in [1.82, 2.24) is 5.32 Å². The number of ether oxygens (including phenoxy) is 6. The first-order valence-electron chi connectivity index (χ1n) is 27.4. The zero-order valence-electron chi connectivity index (χ0n) is 49.8. The third-order valence-corrected chi connectivity index (χ3v) is 12.7. The second-order valence-electron chi connectivity index (χ2n) is 20.3. The van der Waals surface area contributed by atoms with Crippen LogP contribution in [0.1, 0.15) is 77.6 Å². The normalized spacial score (nSPS) is 29.7. The molecule has 3 aliphatic heterocycles. The standard InChI is InChI=1S/C35H69N7O13.6C2HF3O2/c1-2-3-4-5-6-7-8-9-10-11-21(43)42-15-20-31(54-34-23(41)28(48)26(46)19(14-37)51-34)29(49)35(52-20)55-32-24(44)16(38)12-17(39)30(32)53-33-22(40)27(47)25(45)18(13-36)50-33;6*3-2(4,5)1(6)7/h16-20,22-35,44-49H,2-15,36-41H2,1H3,(H,42,43);6*(H,6,7)/t16-,17+,18-,19+,20-,22-,23-,24+,25-,26-,27-,28-,29-,30-,31-,32-,33-,34-,35+;;;;;;/m1....../s1. The first-order valence-corrected chi connectivity index (χ1v) is 27.4. The van der Waals surface area contributed by atoms with Gasteiger partial charge in [-0.3, -0.25) is 4.79 Å². The van der Waals surface area contributed by atoms with Gasteiger partial charge >= 0.3 is 72.9 Å². The molecule has 3 saturated heterocycles. The van der Waals surface area contributed by atoms with Gasteiger partial charge in [-0.2, -0.15) is 79.0 Å². The Kier molecular flexibility index (Phi) is 42.4. The Hall–Kier alpha value is -5.69. The van der Waals surface area contributed by atoms with Gasteiger partial charge in [-0.1, -0.05) is 58.3 Å². The molecule has 0 radical (unpaired) electrons. The number of hydrogen-bond acceptors (Lipinski definition) is 25. The first-order chi connectivity index (χ1) is 43.9. The van der Waals surface area contributed by atoms with E-state index in [4.69, 9.17) is 122 Å². The van der Waals surface area contributed by atoms with Crippen molar-refractivity contribution in [2.24, 2.45) is 34.4 Å². The molecule has 32 nitrogen and oxygen atoms in total. The number of carbonyl (C=O) groups is 7. The molecule has 25 N–H and O–H groups in total. The van der Waals surface area contributed by atoms with E-state index in [9.17, 15) is 114 Å². The number of unbranched alkanes of at least 4 members (excludes halogenated alkanes) is 8. The molecule has 0 aromatic heterocycles. The molecule has 1 amide bonds. The number of halogens is 18. The van der Waals surface area contributed by atoms with Crippen LogP contribution < -0.4 is 39.7 Å². The molecule has 4 aliphatic rings. The fourth-order valence-corrected chi connectivity index (χ4v) is 7.66. The number of amides is 1. The van der Waals surface area contributed by atoms with E-state index >= 15 is 0 Å². The number of carboxylic acids is 6. The van der Waals surface area contributed by atoms with Gasteiger partial charge in [0.25, 0.3) is 0 Å². The van der Waals surface area contributed by atoms with Crippen LogP contribution in [0, 0.1) is 0 Å². The van der Waals surface area contributed by atoms with Gasteiger partial charge in [-0.05, 0) is 12.8 Å². The van der Waals surface area contributed by atoms with Gasteiger partial charge in [0.15, 0.2) is 18.9 Å². The van der Waals surface area contributed by atoms with E-state index in [0.717, 1.165) is 19.3 Å². The maximum atomic E-state index is 12.9. The molecule has 4 rings (SSSR count). The van der Waals surface area contributed by atoms with E-state index in [-0.39, 0.29) is 38.4 Å². The zero-order chi connectivity index (χ0) is 76.9. The third kappa shape index (κ3) is 36.8. The highest BCUT2D eigenvalue weighted by atomic mass is 19.4. The van der Waals surface area contributed by atoms with E-state index in [1.54, 1.807) is 0 Å². The van der Waals surface area contributed by atoms with Gasteiger partial charge in [0, 0.05) is 38.1 Å². The Morgan fingerprint density at radius 2 is 0.670 bits per heavy atom. The van der Waals surface area contributed by atoms with Crippen LogP contribution in [0.15, 0.2) is 0 Å². The van der Waals surface area contributed by atoms with Crippen molar-refractivity contribution in [3.05, 3.63) is 0 Å². The van der Waals surface area contributed by atoms with Gasteiger partial charge in [0.1, 0.15) is 67.1 Å². The second-order valence-corrected chi connectivity index (χ2v) is 20.3. The maximum Gasteiger partial charge on any atom is 0.490 e. The minimum atomic E-state index is -5.08. The average Bonchev–Trinajstić information content (AvgIpc) is 1.77. The summed E-state index contributed by atoms with van der Waals surface area (Å²) in [5, 5.41) is 110. The van der Waals surface area contributed by atoms with Crippen LogP contribution in [0.25, 0.3) is 0 Å². The van der Waals surface area contributed by atoms with Crippen LogP contribution in [0.3, 0.4) is 0 Å². The number of hydrogen-bond donors (Lipinski definition) is 19. The van der Waals surface area contributed by atoms with E-state index in [1.165, 1.54) is 32.1 Å². The van der Waals surface area contributed by atoms with Crippen molar-refractivity contribution in [1.29, 1.82) is 0 Å². The number of carbonyl (C=O) groups excluding carboxylic acids is 1. The van der Waals surface area contributed by atoms with Gasteiger partial charge in [-0.15, -0.1) is 0 Å². The summed E-state index contributed by atoms with van der Waals surface area (Å²) < 4.78 is 226. The number of rotatable bonds is 20. The molecule has 0 aromatic carbocycles. The van der Waals surface area contributed by atoms with Crippen LogP contribution >= 0.6 is 0 Å². The summed E-state index contributed by atoms with van der Waals surface area (Å²) in [7, 11) is 0. The Morgan fingerprint density at radius 1 is 0.392 bits per heavy atom. The molecule has 0 spiro atoms. The summed E-state index contributed by atoms with van der Waals surface area (Å²) in [6.07, 6.45) is -40.2. The van der Waals surface area contributed by atoms with Gasteiger partial charge in [-0.25, -0.2) is 28.8 Å². The maximum absolute atomic E-state index is 12.9. The van der Waals surface area contributed by atoms with Crippen LogP contribution in [0.5, 0.6) is 0 Å². The number of alkyl halides is 18. The lowest BCUT2D eigenvalue weighted by atomic mass is 9.84. The summed E-state index contributed by atoms with van der Waals surface area (Å²) in [5.74, 6) is -16.8. The first kappa shape index (κ1) is 95.5. The van der Waals surface area contributed by atoms with Crippen molar-refractivity contribution in [2.75, 3.05) is 19.6 Å². The quantitative estimate of drug-likeness (QED) is 0.0511. The van der Waals surface area contributed by atoms with E-state index in [2.05, 4.69) is 12.2 Å². The Morgan fingerprint density at radius 3 is 0.969 bits per heavy atom. The SMILES string of the molecule is CCCCCCCCCCCC(=O)NC[C@H]1O[C@@H](O[C@@H]2[C@@H](O)[C@H](N)C[C@H](N)[C@H]2O[C@H]2O[C@H](CN)[C@@H](O)[C@H](O)[C@H]2N)[C@H](O)[C@@H]1O[C@H]1O[C@@H](CN)[C@@H](O)[C@H](O)[C@H]1N.O=C(O)C(F)(F)F.O=C(O)C(F)(F)F.O=C(O)C(F)(F)F.O=C(O)C(F)(F)F.O=C(O)C(F)(F)F.O=C(O)C(F)(F)F. The molecule has 19 atom stereocenters. The topological polar surface area (TPSA) is 586 Å². The number of nitrogens with two attached hydrogens (primary N) is 6. The number of aliphatic carboxylic acids is 6. The lowest BCUT2D eigenvalue weighted by Crippen LogP contribution is -2.68. The van der Waals surface area contributed by atoms with Crippen molar-refractivity contribution in [3.8, 4) is 0 Å². The molecule has 97 heavy (non-hydrogen) atoms.